The van der Waals surface area contributed by atoms with Crippen molar-refractivity contribution in [2.24, 2.45) is 0 Å². The predicted molar refractivity (Wildman–Crippen MR) is 87.6 cm³/mol. The number of phenolic OH excluding ortho intramolecular Hbond substituents is 1. The number of ether oxygens (including phenoxy) is 1. The highest BCUT2D eigenvalue weighted by atomic mass is 35.5. The number of hydrogen-bond acceptors (Lipinski definition) is 3. The van der Waals surface area contributed by atoms with Crippen molar-refractivity contribution in [1.82, 2.24) is 0 Å². The van der Waals surface area contributed by atoms with Crippen LogP contribution in [0.5, 0.6) is 11.5 Å². The van der Waals surface area contributed by atoms with Gasteiger partial charge in [-0.05, 0) is 48.9 Å². The molecule has 0 aliphatic heterocycles. The van der Waals surface area contributed by atoms with Crippen molar-refractivity contribution >= 4 is 17.3 Å². The Hall–Kier alpha value is -1.87. The predicted octanol–water partition coefficient (Wildman–Crippen LogP) is 4.21. The van der Waals surface area contributed by atoms with E-state index in [-0.39, 0.29) is 11.1 Å². The second-order valence-electron chi connectivity index (χ2n) is 4.87. The van der Waals surface area contributed by atoms with Gasteiger partial charge in [0.25, 0.3) is 0 Å². The molecular formula is C17H20ClNO2. The molecule has 21 heavy (non-hydrogen) atoms. The van der Waals surface area contributed by atoms with Gasteiger partial charge in [-0.25, -0.2) is 0 Å². The van der Waals surface area contributed by atoms with Gasteiger partial charge in [0, 0.05) is 19.3 Å². The molecule has 0 aliphatic rings. The Morgan fingerprint density at radius 3 is 2.29 bits per heavy atom. The topological polar surface area (TPSA) is 32.7 Å². The minimum atomic E-state index is -0.112. The van der Waals surface area contributed by atoms with Gasteiger partial charge in [-0.1, -0.05) is 12.1 Å². The normalized spacial score (nSPS) is 12.0. The zero-order valence-corrected chi connectivity index (χ0v) is 13.0. The zero-order chi connectivity index (χ0) is 15.2. The number of likely N-dealkylation sites (N-methyl/N-ethyl adjacent to an activating group) is 1. The molecule has 3 nitrogen and oxygen atoms in total. The third kappa shape index (κ3) is 4.30. The summed E-state index contributed by atoms with van der Waals surface area (Å²) in [6.45, 7) is 3.30. The summed E-state index contributed by atoms with van der Waals surface area (Å²) in [6, 6.07) is 15.0. The van der Waals surface area contributed by atoms with Gasteiger partial charge in [0.2, 0.25) is 0 Å². The van der Waals surface area contributed by atoms with E-state index in [9.17, 15) is 5.11 Å². The maximum atomic E-state index is 9.31. The minimum absolute atomic E-state index is 0.112. The molecule has 2 aromatic rings. The lowest BCUT2D eigenvalue weighted by atomic mass is 10.1. The number of rotatable bonds is 6. The van der Waals surface area contributed by atoms with E-state index < -0.39 is 0 Å². The van der Waals surface area contributed by atoms with Crippen molar-refractivity contribution in [3.05, 3.63) is 54.1 Å². The molecule has 1 unspecified atom stereocenters. The monoisotopic (exact) mass is 305 g/mol. The summed E-state index contributed by atoms with van der Waals surface area (Å²) in [6.07, 6.45) is 0. The lowest BCUT2D eigenvalue weighted by molar-refractivity contribution is 0.340. The third-order valence-corrected chi connectivity index (χ3v) is 3.67. The van der Waals surface area contributed by atoms with Crippen molar-refractivity contribution in [3.8, 4) is 11.5 Å². The smallest absolute Gasteiger partial charge is 0.119 e. The van der Waals surface area contributed by atoms with E-state index in [4.69, 9.17) is 16.3 Å². The number of anilines is 1. The highest BCUT2D eigenvalue weighted by molar-refractivity contribution is 6.21. The molecule has 2 rings (SSSR count). The van der Waals surface area contributed by atoms with Crippen LogP contribution in [0.15, 0.2) is 48.5 Å². The van der Waals surface area contributed by atoms with Crippen LogP contribution >= 0.6 is 11.6 Å². The van der Waals surface area contributed by atoms with E-state index in [1.807, 2.05) is 50.4 Å². The average Bonchev–Trinajstić information content (AvgIpc) is 2.49. The lowest BCUT2D eigenvalue weighted by Gasteiger charge is -2.22. The van der Waals surface area contributed by atoms with Gasteiger partial charge in [-0.2, -0.15) is 0 Å². The average molecular weight is 306 g/mol. The fourth-order valence-corrected chi connectivity index (χ4v) is 2.45. The number of alkyl halides is 1. The first-order valence-corrected chi connectivity index (χ1v) is 7.40. The molecule has 1 atom stereocenters. The van der Waals surface area contributed by atoms with Crippen LogP contribution in [0.2, 0.25) is 0 Å². The van der Waals surface area contributed by atoms with E-state index >= 15 is 0 Å². The molecule has 0 bridgehead atoms. The summed E-state index contributed by atoms with van der Waals surface area (Å²) in [5, 5.41) is 9.20. The molecule has 0 saturated carbocycles. The SMILES string of the molecule is CCOc1ccc(C(Cl)CN(C)c2ccc(O)cc2)cc1. The molecule has 2 aromatic carbocycles. The summed E-state index contributed by atoms with van der Waals surface area (Å²) >= 11 is 6.48. The van der Waals surface area contributed by atoms with Gasteiger partial charge in [0.15, 0.2) is 0 Å². The van der Waals surface area contributed by atoms with Gasteiger partial charge in [-0.3, -0.25) is 0 Å². The summed E-state index contributed by atoms with van der Waals surface area (Å²) < 4.78 is 5.43. The second-order valence-corrected chi connectivity index (χ2v) is 5.39. The van der Waals surface area contributed by atoms with Crippen LogP contribution in [-0.4, -0.2) is 25.3 Å². The van der Waals surface area contributed by atoms with E-state index in [0.717, 1.165) is 17.0 Å². The number of halogens is 1. The Balaban J connectivity index is 1.99. The number of nitrogens with zero attached hydrogens (tertiary/aromatic N) is 1. The molecule has 0 aromatic heterocycles. The molecule has 0 spiro atoms. The quantitative estimate of drug-likeness (QED) is 0.812. The first-order valence-electron chi connectivity index (χ1n) is 6.97. The Morgan fingerprint density at radius 2 is 1.71 bits per heavy atom. The fraction of sp³-hybridized carbons (Fsp3) is 0.294. The summed E-state index contributed by atoms with van der Waals surface area (Å²) in [5.41, 5.74) is 2.08. The van der Waals surface area contributed by atoms with Gasteiger partial charge in [0.05, 0.1) is 12.0 Å². The van der Waals surface area contributed by atoms with Crippen LogP contribution in [0.4, 0.5) is 5.69 Å². The molecule has 1 N–H and O–H groups in total. The van der Waals surface area contributed by atoms with Crippen LogP contribution in [0.3, 0.4) is 0 Å². The summed E-state index contributed by atoms with van der Waals surface area (Å²) in [5.74, 6) is 1.12. The van der Waals surface area contributed by atoms with Crippen LogP contribution in [-0.2, 0) is 0 Å². The Labute approximate surface area is 130 Å². The molecule has 0 saturated heterocycles. The van der Waals surface area contributed by atoms with Crippen molar-refractivity contribution < 1.29 is 9.84 Å². The summed E-state index contributed by atoms with van der Waals surface area (Å²) in [7, 11) is 1.98. The van der Waals surface area contributed by atoms with E-state index in [0.29, 0.717) is 13.2 Å². The van der Waals surface area contributed by atoms with Crippen molar-refractivity contribution in [3.63, 3.8) is 0 Å². The first-order chi connectivity index (χ1) is 10.1. The zero-order valence-electron chi connectivity index (χ0n) is 12.3. The van der Waals surface area contributed by atoms with E-state index in [1.165, 1.54) is 0 Å². The van der Waals surface area contributed by atoms with Crippen LogP contribution in [0, 0.1) is 0 Å². The van der Waals surface area contributed by atoms with Crippen molar-refractivity contribution in [1.29, 1.82) is 0 Å². The second kappa shape index (κ2) is 7.23. The molecular weight excluding hydrogens is 286 g/mol. The van der Waals surface area contributed by atoms with Gasteiger partial charge in [0.1, 0.15) is 11.5 Å². The number of phenols is 1. The van der Waals surface area contributed by atoms with E-state index in [1.54, 1.807) is 12.1 Å². The van der Waals surface area contributed by atoms with Crippen LogP contribution in [0.25, 0.3) is 0 Å². The Morgan fingerprint density at radius 1 is 1.10 bits per heavy atom. The first kappa shape index (κ1) is 15.5. The molecule has 0 fully saturated rings. The Bertz CT molecular complexity index is 554. The Kier molecular flexibility index (Phi) is 5.34. The maximum absolute atomic E-state index is 9.31. The van der Waals surface area contributed by atoms with Gasteiger partial charge >= 0.3 is 0 Å². The molecule has 0 aliphatic carbocycles. The number of hydrogen-bond donors (Lipinski definition) is 1. The highest BCUT2D eigenvalue weighted by Crippen LogP contribution is 2.26. The lowest BCUT2D eigenvalue weighted by Crippen LogP contribution is -2.21. The molecule has 0 radical (unpaired) electrons. The molecule has 0 amide bonds. The molecule has 112 valence electrons. The van der Waals surface area contributed by atoms with Crippen LogP contribution < -0.4 is 9.64 Å². The largest absolute Gasteiger partial charge is 0.508 e. The van der Waals surface area contributed by atoms with Crippen LogP contribution in [0.1, 0.15) is 17.9 Å². The maximum Gasteiger partial charge on any atom is 0.119 e. The minimum Gasteiger partial charge on any atom is -0.508 e. The molecule has 4 heteroatoms. The third-order valence-electron chi connectivity index (χ3n) is 3.28. The standard InChI is InChI=1S/C17H20ClNO2/c1-3-21-16-10-4-13(5-11-16)17(18)12-19(2)14-6-8-15(20)9-7-14/h4-11,17,20H,3,12H2,1-2H3. The molecule has 0 heterocycles. The van der Waals surface area contributed by atoms with E-state index in [2.05, 4.69) is 4.90 Å². The van der Waals surface area contributed by atoms with Gasteiger partial charge < -0.3 is 14.7 Å². The summed E-state index contributed by atoms with van der Waals surface area (Å²) in [4.78, 5) is 2.06. The number of aromatic hydroxyl groups is 1. The fourth-order valence-electron chi connectivity index (χ4n) is 2.10. The van der Waals surface area contributed by atoms with Gasteiger partial charge in [-0.15, -0.1) is 11.6 Å². The van der Waals surface area contributed by atoms with Crippen molar-refractivity contribution in [2.75, 3.05) is 25.1 Å². The highest BCUT2D eigenvalue weighted by Gasteiger charge is 2.12. The van der Waals surface area contributed by atoms with Crippen molar-refractivity contribution in [2.45, 2.75) is 12.3 Å². The number of benzene rings is 2.